The number of ether oxygens (including phenoxy) is 1. The summed E-state index contributed by atoms with van der Waals surface area (Å²) in [5, 5.41) is 3.25. The Labute approximate surface area is 117 Å². The summed E-state index contributed by atoms with van der Waals surface area (Å²) in [6, 6.07) is 0.0998. The highest BCUT2D eigenvalue weighted by molar-refractivity contribution is 7.89. The quantitative estimate of drug-likeness (QED) is 0.790. The zero-order valence-electron chi connectivity index (χ0n) is 11.4. The molecule has 0 bridgehead atoms. The Balaban J connectivity index is 0.00000289. The zero-order valence-corrected chi connectivity index (χ0v) is 13.0. The van der Waals surface area contributed by atoms with Gasteiger partial charge in [-0.2, -0.15) is 4.31 Å². The predicted molar refractivity (Wildman–Crippen MR) is 75.8 cm³/mol. The molecule has 110 valence electrons. The largest absolute Gasteiger partial charge is 0.381 e. The van der Waals surface area contributed by atoms with Gasteiger partial charge in [-0.05, 0) is 13.3 Å². The third-order valence-electron chi connectivity index (χ3n) is 3.12. The molecule has 0 aromatic heterocycles. The molecule has 0 aromatic carbocycles. The van der Waals surface area contributed by atoms with Gasteiger partial charge >= 0.3 is 0 Å². The van der Waals surface area contributed by atoms with E-state index >= 15 is 0 Å². The number of methoxy groups -OCH3 is 1. The van der Waals surface area contributed by atoms with Crippen molar-refractivity contribution >= 4 is 22.4 Å². The molecular weight excluding hydrogens is 276 g/mol. The number of nitrogens with one attached hydrogen (secondary N) is 1. The lowest BCUT2D eigenvalue weighted by Gasteiger charge is -2.35. The topological polar surface area (TPSA) is 58.6 Å². The van der Waals surface area contributed by atoms with Crippen LogP contribution in [0.2, 0.25) is 0 Å². The van der Waals surface area contributed by atoms with Crippen LogP contribution in [0.25, 0.3) is 0 Å². The van der Waals surface area contributed by atoms with Gasteiger partial charge in [0.2, 0.25) is 10.0 Å². The molecule has 2 atom stereocenters. The van der Waals surface area contributed by atoms with E-state index in [1.807, 2.05) is 0 Å². The van der Waals surface area contributed by atoms with E-state index in [0.717, 1.165) is 25.9 Å². The Morgan fingerprint density at radius 1 is 1.50 bits per heavy atom. The fourth-order valence-corrected chi connectivity index (χ4v) is 4.07. The van der Waals surface area contributed by atoms with Crippen molar-refractivity contribution in [2.45, 2.75) is 38.8 Å². The second-order valence-electron chi connectivity index (χ2n) is 4.58. The van der Waals surface area contributed by atoms with Gasteiger partial charge in [0.05, 0.1) is 11.9 Å². The molecule has 7 heteroatoms. The van der Waals surface area contributed by atoms with Crippen molar-refractivity contribution in [3.8, 4) is 0 Å². The molecule has 0 amide bonds. The average molecular weight is 301 g/mol. The molecule has 0 spiro atoms. The predicted octanol–water partition coefficient (Wildman–Crippen LogP) is 0.847. The summed E-state index contributed by atoms with van der Waals surface area (Å²) < 4.78 is 31.2. The normalized spacial score (nSPS) is 23.4. The highest BCUT2D eigenvalue weighted by atomic mass is 35.5. The first-order chi connectivity index (χ1) is 8.01. The van der Waals surface area contributed by atoms with E-state index in [1.165, 1.54) is 0 Å². The van der Waals surface area contributed by atoms with E-state index in [2.05, 4.69) is 12.2 Å². The van der Waals surface area contributed by atoms with Crippen LogP contribution in [0.3, 0.4) is 0 Å². The number of sulfonamides is 1. The summed E-state index contributed by atoms with van der Waals surface area (Å²) >= 11 is 0. The van der Waals surface area contributed by atoms with Gasteiger partial charge in [-0.1, -0.05) is 13.3 Å². The van der Waals surface area contributed by atoms with Crippen molar-refractivity contribution in [3.63, 3.8) is 0 Å². The zero-order chi connectivity index (χ0) is 12.9. The van der Waals surface area contributed by atoms with Crippen LogP contribution in [-0.2, 0) is 14.8 Å². The number of piperazine rings is 1. The summed E-state index contributed by atoms with van der Waals surface area (Å²) in [6.07, 6.45) is 1.66. The van der Waals surface area contributed by atoms with Crippen LogP contribution in [0.4, 0.5) is 0 Å². The fraction of sp³-hybridized carbons (Fsp3) is 1.00. The third-order valence-corrected chi connectivity index (χ3v) is 5.21. The van der Waals surface area contributed by atoms with Gasteiger partial charge in [0.1, 0.15) is 0 Å². The molecule has 5 nitrogen and oxygen atoms in total. The maximum atomic E-state index is 12.3. The van der Waals surface area contributed by atoms with Gasteiger partial charge < -0.3 is 10.1 Å². The van der Waals surface area contributed by atoms with E-state index < -0.39 is 10.0 Å². The van der Waals surface area contributed by atoms with E-state index in [0.29, 0.717) is 6.54 Å². The molecule has 0 aliphatic carbocycles. The first-order valence-electron chi connectivity index (χ1n) is 6.24. The number of hydrogen-bond donors (Lipinski definition) is 1. The monoisotopic (exact) mass is 300 g/mol. The minimum Gasteiger partial charge on any atom is -0.381 e. The molecule has 18 heavy (non-hydrogen) atoms. The maximum absolute atomic E-state index is 12.3. The van der Waals surface area contributed by atoms with Crippen LogP contribution >= 0.6 is 12.4 Å². The average Bonchev–Trinajstić information content (AvgIpc) is 2.29. The minimum absolute atomic E-state index is 0. The smallest absolute Gasteiger partial charge is 0.216 e. The Hall–Kier alpha value is 0.120. The number of rotatable bonds is 6. The standard InChI is InChI=1S/C11H24N2O3S.ClH/c1-4-5-11-8-12-6-7-13(11)17(14,15)9-10(2)16-3;/h10-12H,4-9H2,1-3H3;1H. The maximum Gasteiger partial charge on any atom is 0.216 e. The van der Waals surface area contributed by atoms with Crippen molar-refractivity contribution < 1.29 is 13.2 Å². The molecular formula is C11H25ClN2O3S. The lowest BCUT2D eigenvalue weighted by Crippen LogP contribution is -2.54. The molecule has 0 radical (unpaired) electrons. The first-order valence-corrected chi connectivity index (χ1v) is 7.85. The van der Waals surface area contributed by atoms with Crippen molar-refractivity contribution in [1.29, 1.82) is 0 Å². The second-order valence-corrected chi connectivity index (χ2v) is 6.55. The van der Waals surface area contributed by atoms with E-state index in [-0.39, 0.29) is 30.3 Å². The molecule has 1 aliphatic rings. The summed E-state index contributed by atoms with van der Waals surface area (Å²) in [5.41, 5.74) is 0. The first kappa shape index (κ1) is 18.1. The summed E-state index contributed by atoms with van der Waals surface area (Å²) in [5.74, 6) is 0.0731. The van der Waals surface area contributed by atoms with Crippen molar-refractivity contribution in [2.24, 2.45) is 0 Å². The summed E-state index contributed by atoms with van der Waals surface area (Å²) in [6.45, 7) is 5.93. The van der Waals surface area contributed by atoms with Crippen LogP contribution in [0.1, 0.15) is 26.7 Å². The molecule has 1 N–H and O–H groups in total. The Kier molecular flexibility index (Phi) is 8.38. The van der Waals surface area contributed by atoms with Crippen LogP contribution in [0.5, 0.6) is 0 Å². The number of nitrogens with zero attached hydrogens (tertiary/aromatic N) is 1. The van der Waals surface area contributed by atoms with E-state index in [1.54, 1.807) is 18.3 Å². The SMILES string of the molecule is CCCC1CNCCN1S(=O)(=O)CC(C)OC.Cl. The third kappa shape index (κ3) is 5.01. The van der Waals surface area contributed by atoms with Gasteiger partial charge in [0.25, 0.3) is 0 Å². The van der Waals surface area contributed by atoms with Gasteiger partial charge in [0, 0.05) is 32.8 Å². The molecule has 1 saturated heterocycles. The van der Waals surface area contributed by atoms with Gasteiger partial charge in [-0.15, -0.1) is 12.4 Å². The number of hydrogen-bond acceptors (Lipinski definition) is 4. The number of halogens is 1. The molecule has 2 unspecified atom stereocenters. The van der Waals surface area contributed by atoms with Crippen LogP contribution in [-0.4, -0.2) is 57.4 Å². The molecule has 1 aliphatic heterocycles. The van der Waals surface area contributed by atoms with Crippen molar-refractivity contribution in [3.05, 3.63) is 0 Å². The van der Waals surface area contributed by atoms with Crippen LogP contribution in [0.15, 0.2) is 0 Å². The molecule has 0 saturated carbocycles. The minimum atomic E-state index is -3.20. The lowest BCUT2D eigenvalue weighted by atomic mass is 10.1. The molecule has 0 aromatic rings. The summed E-state index contributed by atoms with van der Waals surface area (Å²) in [7, 11) is -1.65. The van der Waals surface area contributed by atoms with Crippen LogP contribution in [0, 0.1) is 0 Å². The van der Waals surface area contributed by atoms with Gasteiger partial charge in [0.15, 0.2) is 0 Å². The van der Waals surface area contributed by atoms with E-state index in [4.69, 9.17) is 4.74 Å². The van der Waals surface area contributed by atoms with Gasteiger partial charge in [-0.3, -0.25) is 0 Å². The summed E-state index contributed by atoms with van der Waals surface area (Å²) in [4.78, 5) is 0. The fourth-order valence-electron chi connectivity index (χ4n) is 2.15. The highest BCUT2D eigenvalue weighted by Crippen LogP contribution is 2.16. The van der Waals surface area contributed by atoms with Gasteiger partial charge in [-0.25, -0.2) is 8.42 Å². The van der Waals surface area contributed by atoms with E-state index in [9.17, 15) is 8.42 Å². The highest BCUT2D eigenvalue weighted by Gasteiger charge is 2.32. The Morgan fingerprint density at radius 2 is 2.17 bits per heavy atom. The van der Waals surface area contributed by atoms with Crippen molar-refractivity contribution in [1.82, 2.24) is 9.62 Å². The van der Waals surface area contributed by atoms with Crippen molar-refractivity contribution in [2.75, 3.05) is 32.5 Å². The Bertz CT molecular complexity index is 322. The molecule has 1 fully saturated rings. The second kappa shape index (κ2) is 8.32. The lowest BCUT2D eigenvalue weighted by molar-refractivity contribution is 0.133. The molecule has 1 heterocycles. The Morgan fingerprint density at radius 3 is 2.72 bits per heavy atom. The van der Waals surface area contributed by atoms with Crippen LogP contribution < -0.4 is 5.32 Å². The molecule has 1 rings (SSSR count).